The van der Waals surface area contributed by atoms with Crippen LogP contribution in [-0.2, 0) is 22.4 Å². The molecule has 1 unspecified atom stereocenters. The number of fused-ring (bicyclic) bond motifs is 1. The van der Waals surface area contributed by atoms with Crippen molar-refractivity contribution < 1.29 is 19.7 Å². The molecule has 1 atom stereocenters. The van der Waals surface area contributed by atoms with E-state index in [4.69, 9.17) is 4.74 Å². The van der Waals surface area contributed by atoms with E-state index < -0.39 is 12.1 Å². The average molecular weight is 329 g/mol. The van der Waals surface area contributed by atoms with Gasteiger partial charge in [0.1, 0.15) is 5.75 Å². The molecule has 2 N–H and O–H groups in total. The minimum atomic E-state index is -1.43. The van der Waals surface area contributed by atoms with Crippen molar-refractivity contribution in [1.29, 1.82) is 0 Å². The summed E-state index contributed by atoms with van der Waals surface area (Å²) in [6.45, 7) is 1.88. The molecule has 0 radical (unpaired) electrons. The van der Waals surface area contributed by atoms with Crippen LogP contribution in [0.3, 0.4) is 0 Å². The van der Waals surface area contributed by atoms with E-state index >= 15 is 0 Å². The third-order valence-electron chi connectivity index (χ3n) is 3.40. The van der Waals surface area contributed by atoms with Gasteiger partial charge in [-0.05, 0) is 65.7 Å². The van der Waals surface area contributed by atoms with Gasteiger partial charge >= 0.3 is 5.97 Å². The molecule has 0 saturated carbocycles. The standard InChI is InChI=1S/C14H17BrO4/c1-2-19-14(18)13(17)11-9-6-4-3-5-8(9)7-10(15)12(11)16/h7,13,16-17H,2-6H2,1H3. The monoisotopic (exact) mass is 328 g/mol. The maximum Gasteiger partial charge on any atom is 0.339 e. The molecule has 0 aliphatic heterocycles. The molecule has 0 spiro atoms. The van der Waals surface area contributed by atoms with Gasteiger partial charge in [-0.3, -0.25) is 0 Å². The predicted molar refractivity (Wildman–Crippen MR) is 74.0 cm³/mol. The van der Waals surface area contributed by atoms with E-state index in [-0.39, 0.29) is 12.4 Å². The van der Waals surface area contributed by atoms with Gasteiger partial charge in [0.2, 0.25) is 0 Å². The Morgan fingerprint density at radius 2 is 2.16 bits per heavy atom. The quantitative estimate of drug-likeness (QED) is 0.837. The number of halogens is 1. The van der Waals surface area contributed by atoms with E-state index in [9.17, 15) is 15.0 Å². The Labute approximate surface area is 120 Å². The highest BCUT2D eigenvalue weighted by Crippen LogP contribution is 2.40. The zero-order valence-electron chi connectivity index (χ0n) is 10.8. The van der Waals surface area contributed by atoms with E-state index in [0.717, 1.165) is 36.8 Å². The van der Waals surface area contributed by atoms with Crippen molar-refractivity contribution >= 4 is 21.9 Å². The number of aromatic hydroxyl groups is 1. The molecule has 0 amide bonds. The Kier molecular flexibility index (Phi) is 4.47. The number of ether oxygens (including phenoxy) is 1. The van der Waals surface area contributed by atoms with Crippen LogP contribution >= 0.6 is 15.9 Å². The molecule has 19 heavy (non-hydrogen) atoms. The fraction of sp³-hybridized carbons (Fsp3) is 0.500. The summed E-state index contributed by atoms with van der Waals surface area (Å²) in [6.07, 6.45) is 2.32. The topological polar surface area (TPSA) is 66.8 Å². The van der Waals surface area contributed by atoms with Crippen molar-refractivity contribution in [2.45, 2.75) is 38.7 Å². The third kappa shape index (κ3) is 2.77. The van der Waals surface area contributed by atoms with Crippen LogP contribution in [0.15, 0.2) is 10.5 Å². The molecule has 0 fully saturated rings. The van der Waals surface area contributed by atoms with Crippen LogP contribution in [0.2, 0.25) is 0 Å². The number of rotatable bonds is 3. The van der Waals surface area contributed by atoms with Crippen LogP contribution < -0.4 is 0 Å². The number of aliphatic hydroxyl groups excluding tert-OH is 1. The van der Waals surface area contributed by atoms with E-state index in [1.807, 2.05) is 6.07 Å². The van der Waals surface area contributed by atoms with Gasteiger partial charge in [0.25, 0.3) is 0 Å². The molecular formula is C14H17BrO4. The molecule has 0 aromatic heterocycles. The highest BCUT2D eigenvalue weighted by molar-refractivity contribution is 9.10. The number of aliphatic hydroxyl groups is 1. The zero-order chi connectivity index (χ0) is 14.0. The molecule has 0 bridgehead atoms. The van der Waals surface area contributed by atoms with Crippen molar-refractivity contribution in [3.05, 3.63) is 27.2 Å². The highest BCUT2D eigenvalue weighted by Gasteiger charge is 2.29. The molecule has 0 saturated heterocycles. The van der Waals surface area contributed by atoms with Crippen LogP contribution in [0.1, 0.15) is 42.6 Å². The van der Waals surface area contributed by atoms with Gasteiger partial charge in [-0.2, -0.15) is 0 Å². The van der Waals surface area contributed by atoms with Gasteiger partial charge in [-0.1, -0.05) is 0 Å². The number of hydrogen-bond acceptors (Lipinski definition) is 4. The second kappa shape index (κ2) is 5.92. The summed E-state index contributed by atoms with van der Waals surface area (Å²) in [5, 5.41) is 20.3. The van der Waals surface area contributed by atoms with Crippen molar-refractivity contribution in [3.63, 3.8) is 0 Å². The maximum atomic E-state index is 11.7. The molecule has 5 heteroatoms. The Morgan fingerprint density at radius 3 is 2.84 bits per heavy atom. The first-order valence-electron chi connectivity index (χ1n) is 6.44. The Balaban J connectivity index is 2.48. The largest absolute Gasteiger partial charge is 0.506 e. The second-order valence-electron chi connectivity index (χ2n) is 4.62. The first-order chi connectivity index (χ1) is 9.06. The lowest BCUT2D eigenvalue weighted by Crippen LogP contribution is -2.19. The van der Waals surface area contributed by atoms with Crippen molar-refractivity contribution in [2.24, 2.45) is 0 Å². The number of phenolic OH excluding ortho intramolecular Hbond substituents is 1. The Bertz CT molecular complexity index is 499. The van der Waals surface area contributed by atoms with Gasteiger partial charge < -0.3 is 14.9 Å². The Morgan fingerprint density at radius 1 is 1.47 bits per heavy atom. The normalized spacial score (nSPS) is 15.7. The third-order valence-corrected chi connectivity index (χ3v) is 4.01. The number of carbonyl (C=O) groups excluding carboxylic acids is 1. The minimum absolute atomic E-state index is 0.0683. The predicted octanol–water partition coefficient (Wildman–Crippen LogP) is 2.63. The van der Waals surface area contributed by atoms with Gasteiger partial charge in [0.15, 0.2) is 6.10 Å². The zero-order valence-corrected chi connectivity index (χ0v) is 12.4. The van der Waals surface area contributed by atoms with E-state index in [2.05, 4.69) is 15.9 Å². The van der Waals surface area contributed by atoms with Crippen LogP contribution in [0, 0.1) is 0 Å². The van der Waals surface area contributed by atoms with Gasteiger partial charge in [0, 0.05) is 5.56 Å². The summed E-state index contributed by atoms with van der Waals surface area (Å²) in [5.74, 6) is -0.787. The summed E-state index contributed by atoms with van der Waals surface area (Å²) in [6, 6.07) is 1.87. The summed E-state index contributed by atoms with van der Waals surface area (Å²) in [4.78, 5) is 11.7. The van der Waals surface area contributed by atoms with Crippen LogP contribution in [0.25, 0.3) is 0 Å². The number of esters is 1. The Hall–Kier alpha value is -1.07. The summed E-state index contributed by atoms with van der Waals surface area (Å²) in [7, 11) is 0. The van der Waals surface area contributed by atoms with Crippen molar-refractivity contribution in [1.82, 2.24) is 0 Å². The van der Waals surface area contributed by atoms with Crippen LogP contribution in [-0.4, -0.2) is 22.8 Å². The molecule has 4 nitrogen and oxygen atoms in total. The molecule has 1 aliphatic carbocycles. The first-order valence-corrected chi connectivity index (χ1v) is 7.23. The fourth-order valence-electron chi connectivity index (χ4n) is 2.52. The minimum Gasteiger partial charge on any atom is -0.506 e. The second-order valence-corrected chi connectivity index (χ2v) is 5.47. The fourth-order valence-corrected chi connectivity index (χ4v) is 3.01. The number of phenols is 1. The first kappa shape index (κ1) is 14.3. The lowest BCUT2D eigenvalue weighted by Gasteiger charge is -2.23. The smallest absolute Gasteiger partial charge is 0.339 e. The highest BCUT2D eigenvalue weighted by atomic mass is 79.9. The van der Waals surface area contributed by atoms with Crippen molar-refractivity contribution in [3.8, 4) is 5.75 Å². The summed E-state index contributed by atoms with van der Waals surface area (Å²) >= 11 is 3.27. The van der Waals surface area contributed by atoms with Gasteiger partial charge in [-0.25, -0.2) is 4.79 Å². The molecule has 1 aliphatic rings. The SMILES string of the molecule is CCOC(=O)C(O)c1c(O)c(Br)cc2c1CCCC2. The average Bonchev–Trinajstić information content (AvgIpc) is 2.40. The lowest BCUT2D eigenvalue weighted by molar-refractivity contribution is -0.153. The molecule has 1 aromatic rings. The molecule has 1 aromatic carbocycles. The molecule has 104 valence electrons. The summed E-state index contributed by atoms with van der Waals surface area (Å²) in [5.41, 5.74) is 2.25. The van der Waals surface area contributed by atoms with E-state index in [0.29, 0.717) is 10.0 Å². The lowest BCUT2D eigenvalue weighted by atomic mass is 9.86. The van der Waals surface area contributed by atoms with Crippen LogP contribution in [0.4, 0.5) is 0 Å². The maximum absolute atomic E-state index is 11.7. The van der Waals surface area contributed by atoms with Gasteiger partial charge in [-0.15, -0.1) is 0 Å². The van der Waals surface area contributed by atoms with Crippen LogP contribution in [0.5, 0.6) is 5.75 Å². The number of hydrogen-bond donors (Lipinski definition) is 2. The molecule has 2 rings (SSSR count). The molecular weight excluding hydrogens is 312 g/mol. The number of aryl methyl sites for hydroxylation is 1. The van der Waals surface area contributed by atoms with Gasteiger partial charge in [0.05, 0.1) is 11.1 Å². The van der Waals surface area contributed by atoms with E-state index in [1.165, 1.54) is 0 Å². The van der Waals surface area contributed by atoms with Crippen molar-refractivity contribution in [2.75, 3.05) is 6.61 Å². The molecule has 0 heterocycles. The van der Waals surface area contributed by atoms with E-state index in [1.54, 1.807) is 6.92 Å². The number of carbonyl (C=O) groups is 1. The summed E-state index contributed by atoms with van der Waals surface area (Å²) < 4.78 is 5.33. The number of benzene rings is 1.